The van der Waals surface area contributed by atoms with Gasteiger partial charge >= 0.3 is 0 Å². The molecule has 0 aromatic heterocycles. The van der Waals surface area contributed by atoms with Crippen molar-refractivity contribution in [3.05, 3.63) is 22.1 Å². The molecule has 0 aromatic carbocycles. The molecule has 0 rings (SSSR count). The van der Waals surface area contributed by atoms with Crippen molar-refractivity contribution in [1.29, 1.82) is 0 Å². The van der Waals surface area contributed by atoms with Gasteiger partial charge in [0.05, 0.1) is 0 Å². The monoisotopic (exact) mass is 227 g/mol. The molecule has 0 aliphatic rings. The Morgan fingerprint density at radius 3 is 2.07 bits per heavy atom. The van der Waals surface area contributed by atoms with E-state index in [1.807, 2.05) is 0 Å². The van der Waals surface area contributed by atoms with Crippen LogP contribution in [0.5, 0.6) is 0 Å². The van der Waals surface area contributed by atoms with E-state index in [4.69, 9.17) is 5.73 Å². The summed E-state index contributed by atoms with van der Waals surface area (Å²) in [6.45, 7) is 11.0. The van der Waals surface area contributed by atoms with E-state index in [-0.39, 0.29) is 0 Å². The minimum Gasteiger partial charge on any atom is -0.402 e. The van der Waals surface area contributed by atoms with Gasteiger partial charge in [-0.3, -0.25) is 0 Å². The van der Waals surface area contributed by atoms with E-state index in [1.54, 1.807) is 11.8 Å². The van der Waals surface area contributed by atoms with Crippen molar-refractivity contribution in [1.82, 2.24) is 0 Å². The molecule has 88 valence electrons. The lowest BCUT2D eigenvalue weighted by molar-refractivity contribution is 0.639. The second-order valence-corrected chi connectivity index (χ2v) is 5.76. The summed E-state index contributed by atoms with van der Waals surface area (Å²) < 4.78 is 0. The van der Waals surface area contributed by atoms with Crippen molar-refractivity contribution in [3.63, 3.8) is 0 Å². The Morgan fingerprint density at radius 2 is 1.67 bits per heavy atom. The van der Waals surface area contributed by atoms with Crippen LogP contribution in [-0.4, -0.2) is 0 Å². The zero-order chi connectivity index (χ0) is 11.8. The van der Waals surface area contributed by atoms with Crippen LogP contribution < -0.4 is 5.73 Å². The van der Waals surface area contributed by atoms with Crippen LogP contribution in [0.3, 0.4) is 0 Å². The van der Waals surface area contributed by atoms with Crippen molar-refractivity contribution in [2.24, 2.45) is 17.6 Å². The fourth-order valence-corrected chi connectivity index (χ4v) is 2.27. The molecule has 0 aliphatic heterocycles. The molecule has 0 spiro atoms. The minimum atomic E-state index is 0.640. The van der Waals surface area contributed by atoms with Crippen LogP contribution in [0.4, 0.5) is 0 Å². The molecule has 2 heteroatoms. The molecule has 0 radical (unpaired) electrons. The first-order valence-corrected chi connectivity index (χ1v) is 6.60. The zero-order valence-corrected chi connectivity index (χ0v) is 11.5. The topological polar surface area (TPSA) is 26.0 Å². The van der Waals surface area contributed by atoms with Crippen LogP contribution in [0, 0.1) is 11.8 Å². The van der Waals surface area contributed by atoms with Crippen molar-refractivity contribution >= 4 is 11.8 Å². The predicted octanol–water partition coefficient (Wildman–Crippen LogP) is 4.52. The summed E-state index contributed by atoms with van der Waals surface area (Å²) in [7, 11) is 0. The van der Waals surface area contributed by atoms with Crippen LogP contribution >= 0.6 is 11.8 Å². The van der Waals surface area contributed by atoms with Gasteiger partial charge in [-0.1, -0.05) is 33.8 Å². The fourth-order valence-electron chi connectivity index (χ4n) is 1.31. The molecule has 1 nitrogen and oxygen atoms in total. The zero-order valence-electron chi connectivity index (χ0n) is 10.7. The smallest absolute Gasteiger partial charge is 0.0150 e. The Hall–Kier alpha value is -0.370. The summed E-state index contributed by atoms with van der Waals surface area (Å²) >= 11 is 1.77. The van der Waals surface area contributed by atoms with E-state index in [9.17, 15) is 0 Å². The molecule has 0 saturated heterocycles. The third kappa shape index (κ3) is 8.61. The van der Waals surface area contributed by atoms with Gasteiger partial charge in [0.25, 0.3) is 0 Å². The van der Waals surface area contributed by atoms with Crippen LogP contribution in [0.25, 0.3) is 0 Å². The number of hydrogen-bond donors (Lipinski definition) is 1. The van der Waals surface area contributed by atoms with Crippen molar-refractivity contribution in [2.45, 2.75) is 47.5 Å². The lowest BCUT2D eigenvalue weighted by atomic mass is 10.1. The van der Waals surface area contributed by atoms with Gasteiger partial charge in [-0.05, 0) is 41.9 Å². The van der Waals surface area contributed by atoms with Gasteiger partial charge in [0, 0.05) is 5.70 Å². The van der Waals surface area contributed by atoms with E-state index >= 15 is 0 Å². The molecule has 0 aliphatic carbocycles. The Bertz CT molecular complexity index is 227. The molecule has 15 heavy (non-hydrogen) atoms. The first-order chi connectivity index (χ1) is 6.95. The standard InChI is InChI=1S/C13H25NS/c1-6-13(8-11(4)5)15-9-12(14)7-10(2)3/h6,9-11H,7-8,14H2,1-5H3/b12-9-,13-6-. The highest BCUT2D eigenvalue weighted by molar-refractivity contribution is 8.05. The number of rotatable bonds is 6. The first kappa shape index (κ1) is 14.6. The highest BCUT2D eigenvalue weighted by Gasteiger charge is 2.01. The fraction of sp³-hybridized carbons (Fsp3) is 0.692. The van der Waals surface area contributed by atoms with Crippen LogP contribution in [0.2, 0.25) is 0 Å². The van der Waals surface area contributed by atoms with Crippen molar-refractivity contribution in [3.8, 4) is 0 Å². The first-order valence-electron chi connectivity index (χ1n) is 5.72. The largest absolute Gasteiger partial charge is 0.402 e. The van der Waals surface area contributed by atoms with E-state index in [0.717, 1.165) is 18.5 Å². The van der Waals surface area contributed by atoms with E-state index in [2.05, 4.69) is 46.1 Å². The lowest BCUT2D eigenvalue weighted by Gasteiger charge is -2.08. The number of hydrogen-bond acceptors (Lipinski definition) is 2. The third-order valence-corrected chi connectivity index (χ3v) is 3.06. The average Bonchev–Trinajstić information content (AvgIpc) is 2.10. The maximum absolute atomic E-state index is 5.92. The summed E-state index contributed by atoms with van der Waals surface area (Å²) in [6.07, 6.45) is 4.32. The highest BCUT2D eigenvalue weighted by atomic mass is 32.2. The average molecular weight is 227 g/mol. The molecular weight excluding hydrogens is 202 g/mol. The number of allylic oxidation sites excluding steroid dienone is 3. The van der Waals surface area contributed by atoms with Gasteiger partial charge in [0.1, 0.15) is 0 Å². The van der Waals surface area contributed by atoms with Gasteiger partial charge in [-0.15, -0.1) is 11.8 Å². The quantitative estimate of drug-likeness (QED) is 0.722. The molecule has 0 aromatic rings. The predicted molar refractivity (Wildman–Crippen MR) is 72.5 cm³/mol. The number of thioether (sulfide) groups is 1. The number of nitrogens with two attached hydrogens (primary N) is 1. The van der Waals surface area contributed by atoms with Crippen molar-refractivity contribution < 1.29 is 0 Å². The lowest BCUT2D eigenvalue weighted by Crippen LogP contribution is -2.00. The molecular formula is C13H25NS. The van der Waals surface area contributed by atoms with Gasteiger partial charge in [-0.25, -0.2) is 0 Å². The summed E-state index contributed by atoms with van der Waals surface area (Å²) in [6, 6.07) is 0. The Kier molecular flexibility index (Phi) is 7.67. The SMILES string of the molecule is C/C=C(/CC(C)C)S/C=C(\N)CC(C)C. The maximum Gasteiger partial charge on any atom is 0.0150 e. The van der Waals surface area contributed by atoms with Gasteiger partial charge in [0.15, 0.2) is 0 Å². The third-order valence-electron chi connectivity index (χ3n) is 1.94. The summed E-state index contributed by atoms with van der Waals surface area (Å²) in [5, 5.41) is 2.09. The summed E-state index contributed by atoms with van der Waals surface area (Å²) in [4.78, 5) is 1.41. The van der Waals surface area contributed by atoms with Gasteiger partial charge in [0.2, 0.25) is 0 Å². The minimum absolute atomic E-state index is 0.640. The van der Waals surface area contributed by atoms with Gasteiger partial charge < -0.3 is 5.73 Å². The summed E-state index contributed by atoms with van der Waals surface area (Å²) in [5.74, 6) is 1.35. The molecule has 0 saturated carbocycles. The molecule has 0 bridgehead atoms. The molecule has 0 fully saturated rings. The Labute approximate surface area is 99.2 Å². The van der Waals surface area contributed by atoms with E-state index in [0.29, 0.717) is 11.8 Å². The molecule has 0 amide bonds. The summed E-state index contributed by atoms with van der Waals surface area (Å²) in [5.41, 5.74) is 6.92. The normalized spacial score (nSPS) is 14.1. The Balaban J connectivity index is 4.10. The maximum atomic E-state index is 5.92. The second-order valence-electron chi connectivity index (χ2n) is 4.76. The van der Waals surface area contributed by atoms with Crippen molar-refractivity contribution in [2.75, 3.05) is 0 Å². The van der Waals surface area contributed by atoms with E-state index < -0.39 is 0 Å². The molecule has 0 unspecified atom stereocenters. The van der Waals surface area contributed by atoms with Crippen LogP contribution in [0.15, 0.2) is 22.1 Å². The second kappa shape index (κ2) is 7.86. The van der Waals surface area contributed by atoms with Crippen LogP contribution in [0.1, 0.15) is 47.5 Å². The van der Waals surface area contributed by atoms with E-state index in [1.165, 1.54) is 4.91 Å². The highest BCUT2D eigenvalue weighted by Crippen LogP contribution is 2.25. The Morgan fingerprint density at radius 1 is 1.13 bits per heavy atom. The molecule has 0 atom stereocenters. The van der Waals surface area contributed by atoms with Gasteiger partial charge in [-0.2, -0.15) is 0 Å². The molecule has 2 N–H and O–H groups in total. The van der Waals surface area contributed by atoms with Crippen LogP contribution in [-0.2, 0) is 0 Å². The molecule has 0 heterocycles.